The number of carbonyl (C=O) groups is 1. The molecule has 0 atom stereocenters. The molecule has 8 heteroatoms. The van der Waals surface area contributed by atoms with Gasteiger partial charge in [-0.1, -0.05) is 18.2 Å². The molecule has 0 aliphatic carbocycles. The molecule has 29 heavy (non-hydrogen) atoms. The number of anilines is 3. The zero-order valence-corrected chi connectivity index (χ0v) is 16.5. The molecular formula is C21H23N7O. The maximum atomic E-state index is 12.9. The number of piperazine rings is 1. The molecule has 148 valence electrons. The minimum atomic E-state index is -0.0921. The first kappa shape index (κ1) is 18.8. The Labute approximate surface area is 169 Å². The monoisotopic (exact) mass is 389 g/mol. The number of aromatic nitrogens is 4. The van der Waals surface area contributed by atoms with Gasteiger partial charge in [0.15, 0.2) is 0 Å². The maximum Gasteiger partial charge on any atom is 0.272 e. The van der Waals surface area contributed by atoms with Crippen molar-refractivity contribution in [1.82, 2.24) is 24.8 Å². The van der Waals surface area contributed by atoms with Gasteiger partial charge in [0.2, 0.25) is 11.9 Å². The number of aryl methyl sites for hydroxylation is 2. The topological polar surface area (TPSA) is 87.1 Å². The van der Waals surface area contributed by atoms with E-state index in [2.05, 4.69) is 30.2 Å². The first-order chi connectivity index (χ1) is 14.1. The van der Waals surface area contributed by atoms with E-state index in [0.717, 1.165) is 16.8 Å². The Morgan fingerprint density at radius 2 is 1.59 bits per heavy atom. The van der Waals surface area contributed by atoms with Gasteiger partial charge in [0.25, 0.3) is 5.91 Å². The molecule has 4 rings (SSSR count). The van der Waals surface area contributed by atoms with Crippen LogP contribution in [0.5, 0.6) is 0 Å². The number of rotatable bonds is 4. The van der Waals surface area contributed by atoms with E-state index in [0.29, 0.717) is 43.8 Å². The molecule has 1 amide bonds. The van der Waals surface area contributed by atoms with Crippen LogP contribution >= 0.6 is 0 Å². The highest BCUT2D eigenvalue weighted by molar-refractivity contribution is 5.92. The molecule has 1 aromatic carbocycles. The van der Waals surface area contributed by atoms with Crippen LogP contribution in [0, 0.1) is 13.8 Å². The fraction of sp³-hybridized carbons (Fsp3) is 0.286. The normalized spacial score (nSPS) is 14.0. The van der Waals surface area contributed by atoms with Crippen LogP contribution in [0.2, 0.25) is 0 Å². The third-order valence-corrected chi connectivity index (χ3v) is 4.99. The molecule has 3 aromatic rings. The molecule has 2 aromatic heterocycles. The number of para-hydroxylation sites is 1. The van der Waals surface area contributed by atoms with Crippen LogP contribution in [0.3, 0.4) is 0 Å². The quantitative estimate of drug-likeness (QED) is 0.734. The average molecular weight is 389 g/mol. The largest absolute Gasteiger partial charge is 0.337 e. The molecule has 0 saturated carbocycles. The molecule has 0 unspecified atom stereocenters. The van der Waals surface area contributed by atoms with Crippen molar-refractivity contribution in [3.05, 3.63) is 65.7 Å². The first-order valence-corrected chi connectivity index (χ1v) is 9.59. The summed E-state index contributed by atoms with van der Waals surface area (Å²) in [5.74, 6) is 1.02. The fourth-order valence-electron chi connectivity index (χ4n) is 3.39. The summed E-state index contributed by atoms with van der Waals surface area (Å²) in [6.07, 6.45) is 5.07. The summed E-state index contributed by atoms with van der Waals surface area (Å²) < 4.78 is 0. The van der Waals surface area contributed by atoms with E-state index in [-0.39, 0.29) is 5.91 Å². The van der Waals surface area contributed by atoms with Crippen molar-refractivity contribution in [2.75, 3.05) is 36.4 Å². The van der Waals surface area contributed by atoms with Crippen molar-refractivity contribution < 1.29 is 4.79 Å². The highest BCUT2D eigenvalue weighted by Crippen LogP contribution is 2.22. The first-order valence-electron chi connectivity index (χ1n) is 9.59. The predicted octanol–water partition coefficient (Wildman–Crippen LogP) is 2.59. The van der Waals surface area contributed by atoms with E-state index < -0.39 is 0 Å². The lowest BCUT2D eigenvalue weighted by Gasteiger charge is -2.34. The second-order valence-corrected chi connectivity index (χ2v) is 6.99. The lowest BCUT2D eigenvalue weighted by Crippen LogP contribution is -2.49. The number of benzene rings is 1. The second-order valence-electron chi connectivity index (χ2n) is 6.99. The Kier molecular flexibility index (Phi) is 5.33. The van der Waals surface area contributed by atoms with Crippen molar-refractivity contribution in [2.24, 2.45) is 0 Å². The Morgan fingerprint density at radius 3 is 2.28 bits per heavy atom. The summed E-state index contributed by atoms with van der Waals surface area (Å²) in [6, 6.07) is 9.52. The Morgan fingerprint density at radius 1 is 0.897 bits per heavy atom. The van der Waals surface area contributed by atoms with E-state index >= 15 is 0 Å². The van der Waals surface area contributed by atoms with E-state index in [1.54, 1.807) is 30.7 Å². The standard InChI is InChI=1S/C21H23N7O/c1-15-5-3-6-16(2)18(15)26-20-22-10-7-17(25-20)19(29)27-11-13-28(14-12-27)21-23-8-4-9-24-21/h3-10H,11-14H2,1-2H3,(H,22,25,26). The van der Waals surface area contributed by atoms with Gasteiger partial charge >= 0.3 is 0 Å². The van der Waals surface area contributed by atoms with E-state index in [1.165, 1.54) is 0 Å². The van der Waals surface area contributed by atoms with Crippen LogP contribution in [0.4, 0.5) is 17.6 Å². The fourth-order valence-corrected chi connectivity index (χ4v) is 3.39. The number of nitrogens with one attached hydrogen (secondary N) is 1. The molecule has 1 N–H and O–H groups in total. The SMILES string of the molecule is Cc1cccc(C)c1Nc1nccc(C(=O)N2CCN(c3ncccn3)CC2)n1. The van der Waals surface area contributed by atoms with Crippen molar-refractivity contribution in [2.45, 2.75) is 13.8 Å². The number of hydrogen-bond acceptors (Lipinski definition) is 7. The maximum absolute atomic E-state index is 12.9. The van der Waals surface area contributed by atoms with Gasteiger partial charge in [-0.15, -0.1) is 0 Å². The van der Waals surface area contributed by atoms with Gasteiger partial charge in [-0.05, 0) is 37.1 Å². The third kappa shape index (κ3) is 4.16. The van der Waals surface area contributed by atoms with Gasteiger partial charge in [0, 0.05) is 50.5 Å². The van der Waals surface area contributed by atoms with Crippen LogP contribution in [0.1, 0.15) is 21.6 Å². The van der Waals surface area contributed by atoms with Gasteiger partial charge in [-0.3, -0.25) is 4.79 Å². The van der Waals surface area contributed by atoms with Crippen LogP contribution < -0.4 is 10.2 Å². The van der Waals surface area contributed by atoms with Crippen molar-refractivity contribution in [3.63, 3.8) is 0 Å². The van der Waals surface area contributed by atoms with E-state index in [9.17, 15) is 4.79 Å². The molecule has 0 radical (unpaired) electrons. The van der Waals surface area contributed by atoms with E-state index in [4.69, 9.17) is 0 Å². The molecule has 3 heterocycles. The summed E-state index contributed by atoms with van der Waals surface area (Å²) >= 11 is 0. The number of carbonyl (C=O) groups excluding carboxylic acids is 1. The lowest BCUT2D eigenvalue weighted by molar-refractivity contribution is 0.0740. The van der Waals surface area contributed by atoms with Gasteiger partial charge in [0.05, 0.1) is 0 Å². The Hall–Kier alpha value is -3.55. The summed E-state index contributed by atoms with van der Waals surface area (Å²) in [5, 5.41) is 3.25. The van der Waals surface area contributed by atoms with E-state index in [1.807, 2.05) is 36.9 Å². The summed E-state index contributed by atoms with van der Waals surface area (Å²) in [6.45, 7) is 6.63. The van der Waals surface area contributed by atoms with Gasteiger partial charge in [0.1, 0.15) is 5.69 Å². The zero-order chi connectivity index (χ0) is 20.2. The molecule has 1 saturated heterocycles. The number of amides is 1. The Bertz CT molecular complexity index is 981. The highest BCUT2D eigenvalue weighted by Gasteiger charge is 2.24. The van der Waals surface area contributed by atoms with Crippen LogP contribution in [0.25, 0.3) is 0 Å². The summed E-state index contributed by atoms with van der Waals surface area (Å²) in [4.78, 5) is 34.1. The highest BCUT2D eigenvalue weighted by atomic mass is 16.2. The van der Waals surface area contributed by atoms with Crippen molar-refractivity contribution >= 4 is 23.5 Å². The lowest BCUT2D eigenvalue weighted by atomic mass is 10.1. The molecular weight excluding hydrogens is 366 g/mol. The molecule has 0 bridgehead atoms. The van der Waals surface area contributed by atoms with Gasteiger partial charge < -0.3 is 15.1 Å². The zero-order valence-electron chi connectivity index (χ0n) is 16.5. The van der Waals surface area contributed by atoms with Crippen molar-refractivity contribution in [3.8, 4) is 0 Å². The minimum Gasteiger partial charge on any atom is -0.337 e. The molecule has 0 spiro atoms. The van der Waals surface area contributed by atoms with Gasteiger partial charge in [-0.2, -0.15) is 0 Å². The third-order valence-electron chi connectivity index (χ3n) is 4.99. The average Bonchev–Trinajstić information content (AvgIpc) is 2.77. The second kappa shape index (κ2) is 8.22. The van der Waals surface area contributed by atoms with Gasteiger partial charge in [-0.25, -0.2) is 19.9 Å². The molecule has 1 fully saturated rings. The van der Waals surface area contributed by atoms with Crippen LogP contribution in [-0.4, -0.2) is 56.9 Å². The molecule has 8 nitrogen and oxygen atoms in total. The van der Waals surface area contributed by atoms with Crippen molar-refractivity contribution in [1.29, 1.82) is 0 Å². The summed E-state index contributed by atoms with van der Waals surface area (Å²) in [7, 11) is 0. The number of nitrogens with zero attached hydrogens (tertiary/aromatic N) is 6. The number of hydrogen-bond donors (Lipinski definition) is 1. The Balaban J connectivity index is 1.44. The summed E-state index contributed by atoms with van der Waals surface area (Å²) in [5.41, 5.74) is 3.56. The van der Waals surface area contributed by atoms with Crippen LogP contribution in [-0.2, 0) is 0 Å². The molecule has 1 aliphatic rings. The molecule has 1 aliphatic heterocycles. The smallest absolute Gasteiger partial charge is 0.272 e. The van der Waals surface area contributed by atoms with Crippen LogP contribution in [0.15, 0.2) is 48.9 Å². The predicted molar refractivity (Wildman–Crippen MR) is 111 cm³/mol. The minimum absolute atomic E-state index is 0.0921.